The molecule has 0 aliphatic carbocycles. The Morgan fingerprint density at radius 3 is 2.00 bits per heavy atom. The standard InChI is InChI=1S/C6H12O4/c1-2-3-4(7)5(8)6(9)10-3/h3-9H,2H2,1H3/t3-,4-,5+,6?/m0/s1. The van der Waals surface area contributed by atoms with Gasteiger partial charge in [0.25, 0.3) is 0 Å². The Balaban J connectivity index is 2.53. The number of aliphatic hydroxyl groups is 3. The van der Waals surface area contributed by atoms with Gasteiger partial charge in [0.05, 0.1) is 6.10 Å². The van der Waals surface area contributed by atoms with E-state index in [4.69, 9.17) is 20.1 Å². The summed E-state index contributed by atoms with van der Waals surface area (Å²) in [5, 5.41) is 26.9. The van der Waals surface area contributed by atoms with Gasteiger partial charge >= 0.3 is 0 Å². The molecule has 10 heavy (non-hydrogen) atoms. The third-order valence-electron chi connectivity index (χ3n) is 1.74. The SMILES string of the molecule is CC[C@@H]1OC(O)[C@H](O)[C@H]1O. The summed E-state index contributed by atoms with van der Waals surface area (Å²) in [4.78, 5) is 0. The molecule has 3 N–H and O–H groups in total. The fourth-order valence-electron chi connectivity index (χ4n) is 1.07. The van der Waals surface area contributed by atoms with Gasteiger partial charge in [-0.2, -0.15) is 0 Å². The lowest BCUT2D eigenvalue weighted by Gasteiger charge is -2.10. The van der Waals surface area contributed by atoms with E-state index in [2.05, 4.69) is 0 Å². The summed E-state index contributed by atoms with van der Waals surface area (Å²) < 4.78 is 4.79. The Hall–Kier alpha value is -0.160. The predicted octanol–water partition coefficient (Wildman–Crippen LogP) is -1.16. The van der Waals surface area contributed by atoms with Gasteiger partial charge in [0, 0.05) is 0 Å². The monoisotopic (exact) mass is 148 g/mol. The number of rotatable bonds is 1. The van der Waals surface area contributed by atoms with Gasteiger partial charge in [-0.25, -0.2) is 0 Å². The Labute approximate surface area is 59.1 Å². The molecule has 1 aliphatic rings. The summed E-state index contributed by atoms with van der Waals surface area (Å²) in [5.74, 6) is 0. The van der Waals surface area contributed by atoms with E-state index >= 15 is 0 Å². The van der Waals surface area contributed by atoms with Gasteiger partial charge in [0.2, 0.25) is 0 Å². The van der Waals surface area contributed by atoms with E-state index in [0.29, 0.717) is 6.42 Å². The predicted molar refractivity (Wildman–Crippen MR) is 33.2 cm³/mol. The highest BCUT2D eigenvalue weighted by atomic mass is 16.6. The van der Waals surface area contributed by atoms with Gasteiger partial charge in [0.1, 0.15) is 12.2 Å². The van der Waals surface area contributed by atoms with Crippen molar-refractivity contribution in [2.24, 2.45) is 0 Å². The minimum absolute atomic E-state index is 0.426. The van der Waals surface area contributed by atoms with Crippen molar-refractivity contribution in [2.75, 3.05) is 0 Å². The zero-order valence-corrected chi connectivity index (χ0v) is 5.77. The third-order valence-corrected chi connectivity index (χ3v) is 1.74. The molecule has 4 heteroatoms. The molecule has 1 rings (SSSR count). The maximum absolute atomic E-state index is 9.09. The summed E-state index contributed by atoms with van der Waals surface area (Å²) in [5.41, 5.74) is 0. The van der Waals surface area contributed by atoms with E-state index in [0.717, 1.165) is 0 Å². The molecule has 0 spiro atoms. The Morgan fingerprint density at radius 1 is 1.20 bits per heavy atom. The molecule has 0 aromatic rings. The smallest absolute Gasteiger partial charge is 0.183 e. The normalized spacial score (nSPS) is 48.0. The van der Waals surface area contributed by atoms with Gasteiger partial charge in [-0.3, -0.25) is 0 Å². The second-order valence-electron chi connectivity index (χ2n) is 2.45. The summed E-state index contributed by atoms with van der Waals surface area (Å²) in [6.07, 6.45) is -3.15. The molecule has 1 unspecified atom stereocenters. The highest BCUT2D eigenvalue weighted by Crippen LogP contribution is 2.21. The van der Waals surface area contributed by atoms with E-state index in [-0.39, 0.29) is 0 Å². The summed E-state index contributed by atoms with van der Waals surface area (Å²) in [6, 6.07) is 0. The van der Waals surface area contributed by atoms with Crippen molar-refractivity contribution in [1.29, 1.82) is 0 Å². The molecule has 4 nitrogen and oxygen atoms in total. The molecular weight excluding hydrogens is 136 g/mol. The fourth-order valence-corrected chi connectivity index (χ4v) is 1.07. The van der Waals surface area contributed by atoms with E-state index in [1.807, 2.05) is 6.92 Å². The molecule has 0 aromatic heterocycles. The number of ether oxygens (including phenoxy) is 1. The summed E-state index contributed by atoms with van der Waals surface area (Å²) in [7, 11) is 0. The summed E-state index contributed by atoms with van der Waals surface area (Å²) in [6.45, 7) is 1.82. The van der Waals surface area contributed by atoms with Crippen molar-refractivity contribution in [3.8, 4) is 0 Å². The first-order chi connectivity index (χ1) is 4.66. The van der Waals surface area contributed by atoms with E-state index in [1.54, 1.807) is 0 Å². The molecule has 0 bridgehead atoms. The Morgan fingerprint density at radius 2 is 1.80 bits per heavy atom. The molecule has 4 atom stereocenters. The van der Waals surface area contributed by atoms with Crippen molar-refractivity contribution in [2.45, 2.75) is 37.9 Å². The molecule has 1 saturated heterocycles. The molecule has 0 aromatic carbocycles. The van der Waals surface area contributed by atoms with Gasteiger partial charge in [-0.15, -0.1) is 0 Å². The van der Waals surface area contributed by atoms with Crippen molar-refractivity contribution in [3.05, 3.63) is 0 Å². The van der Waals surface area contributed by atoms with Crippen LogP contribution in [0.25, 0.3) is 0 Å². The maximum Gasteiger partial charge on any atom is 0.183 e. The first-order valence-corrected chi connectivity index (χ1v) is 3.36. The fraction of sp³-hybridized carbons (Fsp3) is 1.00. The van der Waals surface area contributed by atoms with Crippen LogP contribution in [0.5, 0.6) is 0 Å². The molecule has 0 amide bonds. The van der Waals surface area contributed by atoms with E-state index in [1.165, 1.54) is 0 Å². The zero-order valence-electron chi connectivity index (χ0n) is 5.77. The summed E-state index contributed by atoms with van der Waals surface area (Å²) >= 11 is 0. The van der Waals surface area contributed by atoms with Crippen molar-refractivity contribution >= 4 is 0 Å². The lowest BCUT2D eigenvalue weighted by Crippen LogP contribution is -2.31. The van der Waals surface area contributed by atoms with E-state index in [9.17, 15) is 0 Å². The van der Waals surface area contributed by atoms with Gasteiger partial charge in [-0.05, 0) is 6.42 Å². The zero-order chi connectivity index (χ0) is 7.72. The van der Waals surface area contributed by atoms with Crippen LogP contribution in [0.3, 0.4) is 0 Å². The molecule has 1 fully saturated rings. The Kier molecular flexibility index (Phi) is 2.25. The minimum atomic E-state index is -1.22. The van der Waals surface area contributed by atoms with E-state index < -0.39 is 24.6 Å². The largest absolute Gasteiger partial charge is 0.387 e. The molecular formula is C6H12O4. The van der Waals surface area contributed by atoms with Gasteiger partial charge in [0.15, 0.2) is 6.29 Å². The van der Waals surface area contributed by atoms with Crippen LogP contribution in [-0.2, 0) is 4.74 Å². The number of aliphatic hydroxyl groups excluding tert-OH is 3. The highest BCUT2D eigenvalue weighted by Gasteiger charge is 2.40. The van der Waals surface area contributed by atoms with Crippen LogP contribution in [0.1, 0.15) is 13.3 Å². The van der Waals surface area contributed by atoms with Crippen molar-refractivity contribution in [1.82, 2.24) is 0 Å². The molecule has 60 valence electrons. The highest BCUT2D eigenvalue weighted by molar-refractivity contribution is 4.84. The first kappa shape index (κ1) is 7.94. The van der Waals surface area contributed by atoms with Crippen LogP contribution < -0.4 is 0 Å². The van der Waals surface area contributed by atoms with Crippen LogP contribution in [0.4, 0.5) is 0 Å². The average molecular weight is 148 g/mol. The molecule has 0 radical (unpaired) electrons. The number of hydrogen-bond acceptors (Lipinski definition) is 4. The quantitative estimate of drug-likeness (QED) is 0.438. The second kappa shape index (κ2) is 2.84. The minimum Gasteiger partial charge on any atom is -0.387 e. The number of hydrogen-bond donors (Lipinski definition) is 3. The van der Waals surface area contributed by atoms with Gasteiger partial charge < -0.3 is 20.1 Å². The molecule has 1 aliphatic heterocycles. The van der Waals surface area contributed by atoms with Crippen molar-refractivity contribution in [3.63, 3.8) is 0 Å². The first-order valence-electron chi connectivity index (χ1n) is 3.36. The third kappa shape index (κ3) is 1.15. The van der Waals surface area contributed by atoms with Gasteiger partial charge in [-0.1, -0.05) is 6.92 Å². The Bertz CT molecular complexity index is 116. The lowest BCUT2D eigenvalue weighted by atomic mass is 10.1. The molecule has 1 heterocycles. The lowest BCUT2D eigenvalue weighted by molar-refractivity contribution is -0.127. The van der Waals surface area contributed by atoms with Crippen LogP contribution in [0, 0.1) is 0 Å². The topological polar surface area (TPSA) is 69.9 Å². The van der Waals surface area contributed by atoms with Crippen LogP contribution in [0.2, 0.25) is 0 Å². The average Bonchev–Trinajstić information content (AvgIpc) is 2.17. The maximum atomic E-state index is 9.09. The van der Waals surface area contributed by atoms with Crippen LogP contribution >= 0.6 is 0 Å². The van der Waals surface area contributed by atoms with Crippen molar-refractivity contribution < 1.29 is 20.1 Å². The van der Waals surface area contributed by atoms with Crippen LogP contribution in [0.15, 0.2) is 0 Å². The molecule has 0 saturated carbocycles. The second-order valence-corrected chi connectivity index (χ2v) is 2.45. The van der Waals surface area contributed by atoms with Crippen LogP contribution in [-0.4, -0.2) is 39.9 Å².